The van der Waals surface area contributed by atoms with Crippen LogP contribution in [0, 0.1) is 0 Å². The maximum atomic E-state index is 14.3. The number of nitrogens with one attached hydrogen (secondary N) is 2. The summed E-state index contributed by atoms with van der Waals surface area (Å²) >= 11 is 0. The minimum atomic E-state index is -4.34. The maximum Gasteiger partial charge on any atom is 0.342 e. The molecule has 1 aliphatic heterocycles. The van der Waals surface area contributed by atoms with Gasteiger partial charge in [0.15, 0.2) is 17.4 Å². The lowest BCUT2D eigenvalue weighted by molar-refractivity contribution is -0.147. The van der Waals surface area contributed by atoms with Gasteiger partial charge in [-0.05, 0) is 38.8 Å². The lowest BCUT2D eigenvalue weighted by Gasteiger charge is -2.28. The van der Waals surface area contributed by atoms with Crippen molar-refractivity contribution >= 4 is 36.7 Å². The summed E-state index contributed by atoms with van der Waals surface area (Å²) in [5.41, 5.74) is 5.86. The molecule has 274 valence electrons. The molecular weight excluding hydrogens is 685 g/mol. The number of nitrogens with two attached hydrogens (primary N) is 1. The Morgan fingerprint density at radius 1 is 1.00 bits per heavy atom. The number of aliphatic hydroxyl groups is 2. The molecule has 0 aliphatic carbocycles. The minimum absolute atomic E-state index is 0.0311. The largest absolute Gasteiger partial charge is 0.476 e. The van der Waals surface area contributed by atoms with Crippen LogP contribution in [0.25, 0.3) is 11.2 Å². The SMILES string of the molecule is CCOc1nc(N)nc2c1ncn2[C@@H]1O[C@H](COP(=O)(N[C@@H](C)C(=O)OCc2ccccc2)N[C@@H](C)C(=O)OCc2ccccc2)[C@@H](O)[C@@]1(C)O. The summed E-state index contributed by atoms with van der Waals surface area (Å²) in [4.78, 5) is 38.4. The van der Waals surface area contributed by atoms with Gasteiger partial charge in [0.1, 0.15) is 43.1 Å². The highest BCUT2D eigenvalue weighted by atomic mass is 31.2. The summed E-state index contributed by atoms with van der Waals surface area (Å²) in [5, 5.41) is 27.9. The molecular formula is C33H42N7O10P. The molecule has 0 unspecified atom stereocenters. The summed E-state index contributed by atoms with van der Waals surface area (Å²) < 4.78 is 43.8. The Labute approximate surface area is 294 Å². The van der Waals surface area contributed by atoms with Crippen LogP contribution in [0.5, 0.6) is 5.88 Å². The summed E-state index contributed by atoms with van der Waals surface area (Å²) in [6.07, 6.45) is -2.80. The Kier molecular flexibility index (Phi) is 12.0. The predicted molar refractivity (Wildman–Crippen MR) is 183 cm³/mol. The smallest absolute Gasteiger partial charge is 0.342 e. The highest BCUT2D eigenvalue weighted by Gasteiger charge is 2.54. The molecule has 18 heteroatoms. The van der Waals surface area contributed by atoms with Crippen LogP contribution in [0.1, 0.15) is 45.0 Å². The number of carbonyl (C=O) groups is 2. The van der Waals surface area contributed by atoms with Gasteiger partial charge in [0, 0.05) is 0 Å². The number of fused-ring (bicyclic) bond motifs is 1. The highest BCUT2D eigenvalue weighted by molar-refractivity contribution is 7.54. The van der Waals surface area contributed by atoms with E-state index in [0.717, 1.165) is 11.1 Å². The normalized spacial score (nSPS) is 21.6. The Morgan fingerprint density at radius 2 is 1.55 bits per heavy atom. The Morgan fingerprint density at radius 3 is 2.08 bits per heavy atom. The average Bonchev–Trinajstić information content (AvgIpc) is 3.62. The summed E-state index contributed by atoms with van der Waals surface area (Å²) in [6.45, 7) is 5.58. The number of hydrogen-bond acceptors (Lipinski definition) is 14. The number of nitrogens with zero attached hydrogens (tertiary/aromatic N) is 4. The first-order valence-corrected chi connectivity index (χ1v) is 17.8. The second-order valence-electron chi connectivity index (χ2n) is 12.1. The van der Waals surface area contributed by atoms with Gasteiger partial charge >= 0.3 is 19.6 Å². The number of nitrogen functional groups attached to an aromatic ring is 1. The third kappa shape index (κ3) is 9.07. The van der Waals surface area contributed by atoms with E-state index in [1.165, 1.54) is 31.7 Å². The van der Waals surface area contributed by atoms with E-state index in [2.05, 4.69) is 25.1 Å². The molecule has 0 saturated carbocycles. The number of anilines is 1. The third-order valence-electron chi connectivity index (χ3n) is 8.00. The first-order chi connectivity index (χ1) is 24.3. The topological polar surface area (TPSA) is 231 Å². The van der Waals surface area contributed by atoms with Crippen LogP contribution in [0.3, 0.4) is 0 Å². The first-order valence-electron chi connectivity index (χ1n) is 16.2. The predicted octanol–water partition coefficient (Wildman–Crippen LogP) is 2.38. The van der Waals surface area contributed by atoms with Crippen molar-refractivity contribution in [1.29, 1.82) is 0 Å². The van der Waals surface area contributed by atoms with E-state index in [1.807, 2.05) is 12.1 Å². The van der Waals surface area contributed by atoms with Gasteiger partial charge in [-0.3, -0.25) is 18.7 Å². The van der Waals surface area contributed by atoms with Crippen molar-refractivity contribution < 1.29 is 47.8 Å². The molecule has 0 amide bonds. The standard InChI is InChI=1S/C33H42N7O10P/c1-5-46-28-25-27(36-32(34)37-28)40(19-35-25)31-33(4,44)26(41)24(50-31)18-49-51(45,38-20(2)29(42)47-16-22-12-8-6-9-13-22)39-21(3)30(43)48-17-23-14-10-7-11-15-23/h6-15,19-21,24,26,31,41,44H,5,16-18H2,1-4H3,(H2,34,36,37)(H2,38,39,45)/t20-,21-,24+,26+,31+,33+/m0/s1. The van der Waals surface area contributed by atoms with Crippen LogP contribution in [-0.2, 0) is 46.1 Å². The number of carbonyl (C=O) groups excluding carboxylic acids is 2. The molecule has 3 heterocycles. The molecule has 6 N–H and O–H groups in total. The monoisotopic (exact) mass is 727 g/mol. The maximum absolute atomic E-state index is 14.3. The van der Waals surface area contributed by atoms with E-state index in [4.69, 9.17) is 29.2 Å². The first kappa shape index (κ1) is 37.8. The number of ether oxygens (including phenoxy) is 4. The summed E-state index contributed by atoms with van der Waals surface area (Å²) in [5.74, 6) is -1.48. The van der Waals surface area contributed by atoms with Crippen molar-refractivity contribution in [3.63, 3.8) is 0 Å². The van der Waals surface area contributed by atoms with E-state index in [9.17, 15) is 24.4 Å². The zero-order valence-corrected chi connectivity index (χ0v) is 29.4. The molecule has 4 aromatic rings. The quantitative estimate of drug-likeness (QED) is 0.0824. The lowest BCUT2D eigenvalue weighted by Crippen LogP contribution is -2.45. The number of hydrogen-bond donors (Lipinski definition) is 5. The Bertz CT molecular complexity index is 1780. The highest BCUT2D eigenvalue weighted by Crippen LogP contribution is 2.44. The van der Waals surface area contributed by atoms with Crippen LogP contribution in [0.2, 0.25) is 0 Å². The van der Waals surface area contributed by atoms with Gasteiger partial charge in [-0.25, -0.2) is 15.2 Å². The second kappa shape index (κ2) is 16.2. The molecule has 5 rings (SSSR count). The fourth-order valence-electron chi connectivity index (χ4n) is 5.31. The van der Waals surface area contributed by atoms with Crippen molar-refractivity contribution in [2.45, 2.75) is 77.0 Å². The molecule has 2 aromatic carbocycles. The average molecular weight is 728 g/mol. The summed E-state index contributed by atoms with van der Waals surface area (Å²) in [7, 11) is -4.34. The van der Waals surface area contributed by atoms with Crippen molar-refractivity contribution in [2.75, 3.05) is 18.9 Å². The van der Waals surface area contributed by atoms with Gasteiger partial charge in [0.05, 0.1) is 19.5 Å². The molecule has 51 heavy (non-hydrogen) atoms. The molecule has 6 atom stereocenters. The number of rotatable bonds is 16. The lowest BCUT2D eigenvalue weighted by atomic mass is 9.96. The van der Waals surface area contributed by atoms with Crippen LogP contribution in [0.4, 0.5) is 5.95 Å². The van der Waals surface area contributed by atoms with Crippen LogP contribution in [-0.4, -0.2) is 84.8 Å². The van der Waals surface area contributed by atoms with Gasteiger partial charge in [0.2, 0.25) is 11.8 Å². The molecule has 0 spiro atoms. The van der Waals surface area contributed by atoms with Crippen molar-refractivity contribution in [1.82, 2.24) is 29.7 Å². The zero-order chi connectivity index (χ0) is 36.8. The van der Waals surface area contributed by atoms with Crippen molar-refractivity contribution in [2.24, 2.45) is 0 Å². The number of aromatic nitrogens is 4. The molecule has 0 radical (unpaired) electrons. The van der Waals surface area contributed by atoms with E-state index in [-0.39, 0.29) is 42.8 Å². The number of imidazole rings is 1. The van der Waals surface area contributed by atoms with E-state index < -0.39 is 62.3 Å². The third-order valence-corrected chi connectivity index (χ3v) is 9.96. The van der Waals surface area contributed by atoms with Gasteiger partial charge in [-0.1, -0.05) is 60.7 Å². The Hall–Kier alpha value is -4.48. The molecule has 17 nitrogen and oxygen atoms in total. The summed E-state index contributed by atoms with van der Waals surface area (Å²) in [6, 6.07) is 15.6. The van der Waals surface area contributed by atoms with Crippen molar-refractivity contribution in [3.05, 3.63) is 78.1 Å². The molecule has 0 bridgehead atoms. The zero-order valence-electron chi connectivity index (χ0n) is 28.5. The molecule has 1 saturated heterocycles. The van der Waals surface area contributed by atoms with E-state index in [0.29, 0.717) is 0 Å². The second-order valence-corrected chi connectivity index (χ2v) is 14.0. The number of benzene rings is 2. The minimum Gasteiger partial charge on any atom is -0.476 e. The van der Waals surface area contributed by atoms with Gasteiger partial charge < -0.3 is 39.4 Å². The van der Waals surface area contributed by atoms with Gasteiger partial charge in [-0.15, -0.1) is 0 Å². The van der Waals surface area contributed by atoms with Crippen LogP contribution >= 0.6 is 7.67 Å². The van der Waals surface area contributed by atoms with Crippen LogP contribution < -0.4 is 20.6 Å². The van der Waals surface area contributed by atoms with Gasteiger partial charge in [0.25, 0.3) is 0 Å². The molecule has 1 aliphatic rings. The Balaban J connectivity index is 1.31. The fraction of sp³-hybridized carbons (Fsp3) is 0.424. The van der Waals surface area contributed by atoms with E-state index in [1.54, 1.807) is 55.5 Å². The number of esters is 2. The molecule has 2 aromatic heterocycles. The van der Waals surface area contributed by atoms with Gasteiger partial charge in [-0.2, -0.15) is 9.97 Å². The van der Waals surface area contributed by atoms with Crippen molar-refractivity contribution in [3.8, 4) is 5.88 Å². The molecule has 1 fully saturated rings. The van der Waals surface area contributed by atoms with E-state index >= 15 is 0 Å². The fourth-order valence-corrected chi connectivity index (χ4v) is 7.12. The van der Waals surface area contributed by atoms with Crippen LogP contribution in [0.15, 0.2) is 67.0 Å². The number of aliphatic hydroxyl groups excluding tert-OH is 1.